The minimum Gasteiger partial charge on any atom is -0.335 e. The predicted molar refractivity (Wildman–Crippen MR) is 70.9 cm³/mol. The third kappa shape index (κ3) is 2.95. The van der Waals surface area contributed by atoms with Gasteiger partial charge in [0.25, 0.3) is 0 Å². The first kappa shape index (κ1) is 12.6. The zero-order chi connectivity index (χ0) is 13.2. The van der Waals surface area contributed by atoms with Crippen molar-refractivity contribution in [1.29, 1.82) is 0 Å². The molecule has 0 radical (unpaired) electrons. The maximum atomic E-state index is 13.7. The highest BCUT2D eigenvalue weighted by Crippen LogP contribution is 2.30. The van der Waals surface area contributed by atoms with E-state index in [1.807, 2.05) is 11.0 Å². The maximum absolute atomic E-state index is 13.7. The summed E-state index contributed by atoms with van der Waals surface area (Å²) in [5.41, 5.74) is 0.620. The van der Waals surface area contributed by atoms with Crippen LogP contribution >= 0.6 is 0 Å². The molecule has 1 aromatic rings. The lowest BCUT2D eigenvalue weighted by Gasteiger charge is -2.30. The number of nitrogens with one attached hydrogen (secondary N) is 1. The molecule has 0 aromatic heterocycles. The van der Waals surface area contributed by atoms with E-state index in [9.17, 15) is 9.18 Å². The standard InChI is InChI=1S/C15H19FN2O/c16-14-4-2-1-3-12(14)10-18(13-5-6-13)15(19)7-11-8-17-9-11/h1-4,11,13,17H,5-10H2. The average molecular weight is 262 g/mol. The van der Waals surface area contributed by atoms with Crippen LogP contribution in [-0.4, -0.2) is 29.9 Å². The number of hydrogen-bond acceptors (Lipinski definition) is 2. The molecule has 0 spiro atoms. The lowest BCUT2D eigenvalue weighted by atomic mass is 9.98. The van der Waals surface area contributed by atoms with Crippen LogP contribution < -0.4 is 5.32 Å². The summed E-state index contributed by atoms with van der Waals surface area (Å²) in [5, 5.41) is 3.18. The van der Waals surface area contributed by atoms with Gasteiger partial charge >= 0.3 is 0 Å². The molecule has 1 aliphatic heterocycles. The molecular formula is C15H19FN2O. The van der Waals surface area contributed by atoms with Gasteiger partial charge in [-0.3, -0.25) is 4.79 Å². The van der Waals surface area contributed by atoms with Crippen LogP contribution in [-0.2, 0) is 11.3 Å². The van der Waals surface area contributed by atoms with Crippen LogP contribution in [0.4, 0.5) is 4.39 Å². The quantitative estimate of drug-likeness (QED) is 0.879. The van der Waals surface area contributed by atoms with Crippen LogP contribution in [0.2, 0.25) is 0 Å². The molecule has 1 aliphatic carbocycles. The smallest absolute Gasteiger partial charge is 0.223 e. The Morgan fingerprint density at radius 2 is 2.05 bits per heavy atom. The number of nitrogens with zero attached hydrogens (tertiary/aromatic N) is 1. The summed E-state index contributed by atoms with van der Waals surface area (Å²) in [7, 11) is 0. The molecule has 2 fully saturated rings. The minimum absolute atomic E-state index is 0.178. The van der Waals surface area contributed by atoms with E-state index in [4.69, 9.17) is 0 Å². The Kier molecular flexibility index (Phi) is 3.51. The molecule has 0 atom stereocenters. The van der Waals surface area contributed by atoms with Crippen LogP contribution in [0, 0.1) is 11.7 Å². The van der Waals surface area contributed by atoms with Crippen molar-refractivity contribution >= 4 is 5.91 Å². The van der Waals surface area contributed by atoms with Gasteiger partial charge in [-0.1, -0.05) is 18.2 Å². The first-order chi connectivity index (χ1) is 9.24. The number of carbonyl (C=O) groups is 1. The Morgan fingerprint density at radius 1 is 1.32 bits per heavy atom. The molecule has 102 valence electrons. The highest BCUT2D eigenvalue weighted by molar-refractivity contribution is 5.77. The van der Waals surface area contributed by atoms with Gasteiger partial charge < -0.3 is 10.2 Å². The van der Waals surface area contributed by atoms with Crippen molar-refractivity contribution in [2.24, 2.45) is 5.92 Å². The van der Waals surface area contributed by atoms with Crippen molar-refractivity contribution in [2.45, 2.75) is 31.8 Å². The second-order valence-corrected chi connectivity index (χ2v) is 5.57. The van der Waals surface area contributed by atoms with Crippen molar-refractivity contribution in [1.82, 2.24) is 10.2 Å². The monoisotopic (exact) mass is 262 g/mol. The zero-order valence-electron chi connectivity index (χ0n) is 10.9. The van der Waals surface area contributed by atoms with E-state index in [1.165, 1.54) is 6.07 Å². The third-order valence-electron chi connectivity index (χ3n) is 3.94. The summed E-state index contributed by atoms with van der Waals surface area (Å²) in [6, 6.07) is 7.07. The first-order valence-corrected chi connectivity index (χ1v) is 6.97. The fraction of sp³-hybridized carbons (Fsp3) is 0.533. The summed E-state index contributed by atoms with van der Waals surface area (Å²) in [6.45, 7) is 2.28. The van der Waals surface area contributed by atoms with Crippen molar-refractivity contribution in [3.8, 4) is 0 Å². The SMILES string of the molecule is O=C(CC1CNC1)N(Cc1ccccc1F)C1CC1. The van der Waals surface area contributed by atoms with Crippen molar-refractivity contribution in [2.75, 3.05) is 13.1 Å². The van der Waals surface area contributed by atoms with Crippen molar-refractivity contribution < 1.29 is 9.18 Å². The van der Waals surface area contributed by atoms with Gasteiger partial charge in [-0.05, 0) is 37.9 Å². The Labute approximate surface area is 112 Å². The van der Waals surface area contributed by atoms with E-state index < -0.39 is 0 Å². The molecule has 19 heavy (non-hydrogen) atoms. The normalized spacial score (nSPS) is 19.0. The fourth-order valence-electron chi connectivity index (χ4n) is 2.47. The second-order valence-electron chi connectivity index (χ2n) is 5.57. The molecule has 4 heteroatoms. The van der Waals surface area contributed by atoms with E-state index in [1.54, 1.807) is 12.1 Å². The lowest BCUT2D eigenvalue weighted by molar-refractivity contribution is -0.133. The summed E-state index contributed by atoms with van der Waals surface area (Å²) < 4.78 is 13.7. The molecule has 0 unspecified atom stereocenters. The van der Waals surface area contributed by atoms with Gasteiger partial charge in [0.2, 0.25) is 5.91 Å². The fourth-order valence-corrected chi connectivity index (χ4v) is 2.47. The minimum atomic E-state index is -0.216. The van der Waals surface area contributed by atoms with Gasteiger partial charge in [-0.2, -0.15) is 0 Å². The molecule has 1 saturated heterocycles. The molecule has 3 nitrogen and oxygen atoms in total. The number of carbonyl (C=O) groups excluding carboxylic acids is 1. The summed E-state index contributed by atoms with van der Waals surface area (Å²) in [5.74, 6) is 0.429. The number of benzene rings is 1. The molecule has 2 aliphatic rings. The Hall–Kier alpha value is -1.42. The molecule has 0 bridgehead atoms. The highest BCUT2D eigenvalue weighted by atomic mass is 19.1. The second kappa shape index (κ2) is 5.29. The van der Waals surface area contributed by atoms with E-state index in [0.29, 0.717) is 30.5 Å². The van der Waals surface area contributed by atoms with E-state index in [0.717, 1.165) is 25.9 Å². The molecule has 1 amide bonds. The van der Waals surface area contributed by atoms with Gasteiger partial charge in [-0.15, -0.1) is 0 Å². The van der Waals surface area contributed by atoms with Crippen LogP contribution in [0.1, 0.15) is 24.8 Å². The first-order valence-electron chi connectivity index (χ1n) is 6.97. The molecule has 1 saturated carbocycles. The molecule has 1 N–H and O–H groups in total. The molecule has 1 heterocycles. The number of halogens is 1. The van der Waals surface area contributed by atoms with Gasteiger partial charge in [0.15, 0.2) is 0 Å². The van der Waals surface area contributed by atoms with Gasteiger partial charge in [0.1, 0.15) is 5.82 Å². The lowest BCUT2D eigenvalue weighted by Crippen LogP contribution is -2.45. The van der Waals surface area contributed by atoms with E-state index in [2.05, 4.69) is 5.32 Å². The molecule has 3 rings (SSSR count). The Morgan fingerprint density at radius 3 is 2.63 bits per heavy atom. The van der Waals surface area contributed by atoms with Crippen LogP contribution in [0.5, 0.6) is 0 Å². The molecular weight excluding hydrogens is 243 g/mol. The van der Waals surface area contributed by atoms with Gasteiger partial charge in [0, 0.05) is 24.6 Å². The van der Waals surface area contributed by atoms with Crippen LogP contribution in [0.25, 0.3) is 0 Å². The predicted octanol–water partition coefficient (Wildman–Crippen LogP) is 1.93. The van der Waals surface area contributed by atoms with Gasteiger partial charge in [0.05, 0.1) is 0 Å². The van der Waals surface area contributed by atoms with Crippen LogP contribution in [0.3, 0.4) is 0 Å². The average Bonchev–Trinajstić information content (AvgIpc) is 3.17. The number of amides is 1. The summed E-state index contributed by atoms with van der Waals surface area (Å²) in [6.07, 6.45) is 2.71. The summed E-state index contributed by atoms with van der Waals surface area (Å²) >= 11 is 0. The Bertz CT molecular complexity index is 469. The Balaban J connectivity index is 1.67. The number of rotatable bonds is 5. The van der Waals surface area contributed by atoms with Crippen molar-refractivity contribution in [3.05, 3.63) is 35.6 Å². The van der Waals surface area contributed by atoms with Gasteiger partial charge in [-0.25, -0.2) is 4.39 Å². The number of hydrogen-bond donors (Lipinski definition) is 1. The topological polar surface area (TPSA) is 32.3 Å². The third-order valence-corrected chi connectivity index (χ3v) is 3.94. The maximum Gasteiger partial charge on any atom is 0.223 e. The largest absolute Gasteiger partial charge is 0.335 e. The molecule has 1 aromatic carbocycles. The highest BCUT2D eigenvalue weighted by Gasteiger charge is 2.34. The van der Waals surface area contributed by atoms with Crippen LogP contribution in [0.15, 0.2) is 24.3 Å². The zero-order valence-corrected chi connectivity index (χ0v) is 10.9. The summed E-state index contributed by atoms with van der Waals surface area (Å²) in [4.78, 5) is 14.2. The van der Waals surface area contributed by atoms with Crippen molar-refractivity contribution in [3.63, 3.8) is 0 Å². The van der Waals surface area contributed by atoms with E-state index in [-0.39, 0.29) is 11.7 Å². The van der Waals surface area contributed by atoms with E-state index >= 15 is 0 Å².